The molecule has 2 aromatic carbocycles. The van der Waals surface area contributed by atoms with Gasteiger partial charge in [0, 0.05) is 28.5 Å². The number of aromatic nitrogens is 2. The van der Waals surface area contributed by atoms with Crippen LogP contribution < -0.4 is 5.32 Å². The second-order valence-corrected chi connectivity index (χ2v) is 7.83. The molecule has 1 saturated heterocycles. The van der Waals surface area contributed by atoms with Crippen LogP contribution in [0.2, 0.25) is 0 Å². The fourth-order valence-corrected chi connectivity index (χ4v) is 3.73. The minimum Gasteiger partial charge on any atom is -0.391 e. The van der Waals surface area contributed by atoms with Crippen LogP contribution in [0.15, 0.2) is 53.1 Å². The van der Waals surface area contributed by atoms with Gasteiger partial charge in [0.05, 0.1) is 24.2 Å². The number of halogens is 1. The van der Waals surface area contributed by atoms with Crippen molar-refractivity contribution in [2.45, 2.75) is 25.0 Å². The molecule has 1 aliphatic heterocycles. The number of aliphatic hydroxyl groups is 1. The van der Waals surface area contributed by atoms with Gasteiger partial charge in [0.2, 0.25) is 11.8 Å². The number of carbonyl (C=O) groups excluding carboxylic acids is 2. The van der Waals surface area contributed by atoms with Crippen molar-refractivity contribution in [3.8, 4) is 0 Å². The molecule has 0 unspecified atom stereocenters. The van der Waals surface area contributed by atoms with Crippen LogP contribution in [0.1, 0.15) is 12.0 Å². The molecule has 0 aliphatic carbocycles. The van der Waals surface area contributed by atoms with E-state index in [-0.39, 0.29) is 31.2 Å². The zero-order valence-corrected chi connectivity index (χ0v) is 16.5. The van der Waals surface area contributed by atoms with Crippen molar-refractivity contribution in [1.29, 1.82) is 0 Å². The van der Waals surface area contributed by atoms with E-state index in [4.69, 9.17) is 0 Å². The van der Waals surface area contributed by atoms with Gasteiger partial charge in [-0.2, -0.15) is 5.10 Å². The Balaban J connectivity index is 1.47. The van der Waals surface area contributed by atoms with Crippen LogP contribution in [0.3, 0.4) is 0 Å². The summed E-state index contributed by atoms with van der Waals surface area (Å²) in [5.41, 5.74) is 2.36. The third-order valence-corrected chi connectivity index (χ3v) is 5.41. The molecule has 3 aromatic rings. The molecule has 1 aromatic heterocycles. The Morgan fingerprint density at radius 3 is 2.82 bits per heavy atom. The molecule has 144 valence electrons. The molecule has 28 heavy (non-hydrogen) atoms. The van der Waals surface area contributed by atoms with Crippen molar-refractivity contribution in [2.75, 3.05) is 11.9 Å². The van der Waals surface area contributed by atoms with Gasteiger partial charge < -0.3 is 15.3 Å². The van der Waals surface area contributed by atoms with E-state index >= 15 is 0 Å². The lowest BCUT2D eigenvalue weighted by Gasteiger charge is -2.24. The molecule has 4 rings (SSSR count). The third-order valence-electron chi connectivity index (χ3n) is 4.88. The van der Waals surface area contributed by atoms with Crippen molar-refractivity contribution in [2.24, 2.45) is 0 Å². The molecule has 7 nitrogen and oxygen atoms in total. The molecule has 1 aliphatic rings. The standard InChI is InChI=1S/C20H19BrN4O3/c21-14-3-1-12(2-4-14)7-19(27)25-11-16(26)9-18(25)20(28)23-15-5-6-17-13(8-15)10-22-24-17/h1-6,8,10,16,18,26H,7,9,11H2,(H,22,24)(H,23,28)/t16-,18-/m0/s1. The maximum Gasteiger partial charge on any atom is 0.247 e. The summed E-state index contributed by atoms with van der Waals surface area (Å²) in [6.07, 6.45) is 1.38. The number of carbonyl (C=O) groups is 2. The van der Waals surface area contributed by atoms with Crippen LogP contribution in [-0.4, -0.2) is 50.7 Å². The average molecular weight is 443 g/mol. The highest BCUT2D eigenvalue weighted by Crippen LogP contribution is 2.23. The Labute approximate surface area is 169 Å². The first-order valence-corrected chi connectivity index (χ1v) is 9.75. The molecular formula is C20H19BrN4O3. The summed E-state index contributed by atoms with van der Waals surface area (Å²) < 4.78 is 0.937. The normalized spacial score (nSPS) is 19.1. The zero-order valence-electron chi connectivity index (χ0n) is 14.9. The highest BCUT2D eigenvalue weighted by Gasteiger charge is 2.38. The number of nitrogens with one attached hydrogen (secondary N) is 2. The molecule has 0 radical (unpaired) electrons. The van der Waals surface area contributed by atoms with Crippen LogP contribution in [0, 0.1) is 0 Å². The minimum absolute atomic E-state index is 0.161. The number of hydrogen-bond acceptors (Lipinski definition) is 4. The van der Waals surface area contributed by atoms with E-state index in [1.165, 1.54) is 4.90 Å². The summed E-state index contributed by atoms with van der Waals surface area (Å²) in [6, 6.07) is 12.2. The molecule has 0 saturated carbocycles. The number of β-amino-alcohol motifs (C(OH)–C–C–N with tert-alkyl or cyclic N) is 1. The molecule has 2 atom stereocenters. The quantitative estimate of drug-likeness (QED) is 0.577. The van der Waals surface area contributed by atoms with Gasteiger partial charge in [-0.25, -0.2) is 0 Å². The van der Waals surface area contributed by atoms with Crippen molar-refractivity contribution in [1.82, 2.24) is 15.1 Å². The van der Waals surface area contributed by atoms with Crippen molar-refractivity contribution in [3.05, 3.63) is 58.7 Å². The smallest absolute Gasteiger partial charge is 0.247 e. The van der Waals surface area contributed by atoms with Gasteiger partial charge in [-0.05, 0) is 35.9 Å². The number of anilines is 1. The largest absolute Gasteiger partial charge is 0.391 e. The van der Waals surface area contributed by atoms with Crippen LogP contribution in [-0.2, 0) is 16.0 Å². The maximum atomic E-state index is 12.8. The SMILES string of the molecule is O=C(Nc1ccc2[nH]ncc2c1)[C@@H]1C[C@H](O)CN1C(=O)Cc1ccc(Br)cc1. The summed E-state index contributed by atoms with van der Waals surface area (Å²) in [5, 5.41) is 20.6. The Morgan fingerprint density at radius 2 is 2.04 bits per heavy atom. The Kier molecular flexibility index (Phi) is 5.15. The minimum atomic E-state index is -0.707. The molecule has 2 heterocycles. The number of hydrogen-bond donors (Lipinski definition) is 3. The van der Waals surface area contributed by atoms with Gasteiger partial charge in [0.25, 0.3) is 0 Å². The second kappa shape index (κ2) is 7.73. The number of fused-ring (bicyclic) bond motifs is 1. The van der Waals surface area contributed by atoms with E-state index in [1.54, 1.807) is 12.3 Å². The number of amides is 2. The highest BCUT2D eigenvalue weighted by atomic mass is 79.9. The molecule has 1 fully saturated rings. The topological polar surface area (TPSA) is 98.3 Å². The lowest BCUT2D eigenvalue weighted by atomic mass is 10.1. The highest BCUT2D eigenvalue weighted by molar-refractivity contribution is 9.10. The molecule has 3 N–H and O–H groups in total. The van der Waals surface area contributed by atoms with Crippen LogP contribution in [0.4, 0.5) is 5.69 Å². The summed E-state index contributed by atoms with van der Waals surface area (Å²) in [6.45, 7) is 0.161. The summed E-state index contributed by atoms with van der Waals surface area (Å²) in [7, 11) is 0. The Morgan fingerprint density at radius 1 is 1.25 bits per heavy atom. The second-order valence-electron chi connectivity index (χ2n) is 6.92. The van der Waals surface area contributed by atoms with E-state index in [0.717, 1.165) is 20.9 Å². The summed E-state index contributed by atoms with van der Waals surface area (Å²) in [4.78, 5) is 27.0. The maximum absolute atomic E-state index is 12.8. The predicted molar refractivity (Wildman–Crippen MR) is 109 cm³/mol. The number of likely N-dealkylation sites (tertiary alicyclic amines) is 1. The van der Waals surface area contributed by atoms with Crippen LogP contribution in [0.25, 0.3) is 10.9 Å². The first-order chi connectivity index (χ1) is 13.5. The lowest BCUT2D eigenvalue weighted by molar-refractivity contribution is -0.136. The van der Waals surface area contributed by atoms with E-state index < -0.39 is 12.1 Å². The first kappa shape index (κ1) is 18.6. The Bertz CT molecular complexity index is 1020. The van der Waals surface area contributed by atoms with Gasteiger partial charge in [0.1, 0.15) is 6.04 Å². The third kappa shape index (κ3) is 3.93. The van der Waals surface area contributed by atoms with E-state index in [2.05, 4.69) is 31.4 Å². The molecule has 0 bridgehead atoms. The van der Waals surface area contributed by atoms with E-state index in [9.17, 15) is 14.7 Å². The molecule has 8 heteroatoms. The molecule has 2 amide bonds. The lowest BCUT2D eigenvalue weighted by Crippen LogP contribution is -2.43. The van der Waals surface area contributed by atoms with Gasteiger partial charge in [-0.1, -0.05) is 28.1 Å². The van der Waals surface area contributed by atoms with Crippen molar-refractivity contribution in [3.63, 3.8) is 0 Å². The number of benzene rings is 2. The monoisotopic (exact) mass is 442 g/mol. The zero-order chi connectivity index (χ0) is 19.7. The van der Waals surface area contributed by atoms with Crippen molar-refractivity contribution >= 4 is 44.3 Å². The van der Waals surface area contributed by atoms with E-state index in [0.29, 0.717) is 5.69 Å². The van der Waals surface area contributed by atoms with Gasteiger partial charge in [0.15, 0.2) is 0 Å². The van der Waals surface area contributed by atoms with Gasteiger partial charge in [-0.3, -0.25) is 14.7 Å². The van der Waals surface area contributed by atoms with Gasteiger partial charge >= 0.3 is 0 Å². The molecular weight excluding hydrogens is 424 g/mol. The van der Waals surface area contributed by atoms with Gasteiger partial charge in [-0.15, -0.1) is 0 Å². The number of rotatable bonds is 4. The molecule has 0 spiro atoms. The summed E-state index contributed by atoms with van der Waals surface area (Å²) in [5.74, 6) is -0.479. The van der Waals surface area contributed by atoms with E-state index in [1.807, 2.05) is 36.4 Å². The van der Waals surface area contributed by atoms with Crippen LogP contribution >= 0.6 is 15.9 Å². The number of H-pyrrole nitrogens is 1. The summed E-state index contributed by atoms with van der Waals surface area (Å²) >= 11 is 3.37. The Hall–Kier alpha value is -2.71. The number of nitrogens with zero attached hydrogens (tertiary/aromatic N) is 2. The number of aliphatic hydroxyl groups excluding tert-OH is 1. The predicted octanol–water partition coefficient (Wildman–Crippen LogP) is 2.47. The fraction of sp³-hybridized carbons (Fsp3) is 0.250. The first-order valence-electron chi connectivity index (χ1n) is 8.95. The fourth-order valence-electron chi connectivity index (χ4n) is 3.46. The van der Waals surface area contributed by atoms with Crippen molar-refractivity contribution < 1.29 is 14.7 Å². The van der Waals surface area contributed by atoms with Crippen LogP contribution in [0.5, 0.6) is 0 Å². The average Bonchev–Trinajstić information content (AvgIpc) is 3.29. The number of aromatic amines is 1.